The van der Waals surface area contributed by atoms with Crippen molar-refractivity contribution in [1.82, 2.24) is 20.4 Å². The van der Waals surface area contributed by atoms with Crippen molar-refractivity contribution in [2.24, 2.45) is 0 Å². The van der Waals surface area contributed by atoms with Crippen molar-refractivity contribution in [3.8, 4) is 10.7 Å². The topological polar surface area (TPSA) is 71.3 Å². The number of amides is 1. The van der Waals surface area contributed by atoms with E-state index < -0.39 is 0 Å². The maximum atomic E-state index is 12.3. The average Bonchev–Trinajstić information content (AvgIpc) is 3.26. The number of halogens is 1. The second-order valence-electron chi connectivity index (χ2n) is 5.83. The van der Waals surface area contributed by atoms with Crippen LogP contribution in [-0.2, 0) is 11.2 Å². The maximum Gasteiger partial charge on any atom is 0.226 e. The van der Waals surface area contributed by atoms with E-state index in [-0.39, 0.29) is 18.3 Å². The SMILES string of the molecule is CN(C(=O)CCCc1nc(-c2cccs2)no1)C1CCNCC1.Cl. The van der Waals surface area contributed by atoms with Crippen LogP contribution in [0.25, 0.3) is 10.7 Å². The number of carbonyl (C=O) groups is 1. The predicted octanol–water partition coefficient (Wildman–Crippen LogP) is 2.75. The fourth-order valence-corrected chi connectivity index (χ4v) is 3.48. The summed E-state index contributed by atoms with van der Waals surface area (Å²) in [5, 5.41) is 9.30. The Kier molecular flexibility index (Phi) is 7.20. The molecule has 2 aromatic rings. The summed E-state index contributed by atoms with van der Waals surface area (Å²) < 4.78 is 5.26. The van der Waals surface area contributed by atoms with Crippen LogP contribution in [0.5, 0.6) is 0 Å². The Morgan fingerprint density at radius 3 is 2.96 bits per heavy atom. The lowest BCUT2D eigenvalue weighted by Gasteiger charge is -2.31. The largest absolute Gasteiger partial charge is 0.343 e. The molecule has 0 radical (unpaired) electrons. The molecule has 6 nitrogen and oxygen atoms in total. The number of hydrogen-bond acceptors (Lipinski definition) is 6. The monoisotopic (exact) mass is 370 g/mol. The molecule has 1 fully saturated rings. The third-order valence-electron chi connectivity index (χ3n) is 4.24. The Morgan fingerprint density at radius 2 is 2.25 bits per heavy atom. The summed E-state index contributed by atoms with van der Waals surface area (Å²) in [5.74, 6) is 1.44. The first-order chi connectivity index (χ1) is 11.2. The Labute approximate surface area is 152 Å². The van der Waals surface area contributed by atoms with Crippen LogP contribution in [0.2, 0.25) is 0 Å². The summed E-state index contributed by atoms with van der Waals surface area (Å²) in [6, 6.07) is 4.31. The van der Waals surface area contributed by atoms with Gasteiger partial charge in [0.15, 0.2) is 0 Å². The third-order valence-corrected chi connectivity index (χ3v) is 5.11. The summed E-state index contributed by atoms with van der Waals surface area (Å²) in [6.45, 7) is 1.99. The van der Waals surface area contributed by atoms with Gasteiger partial charge >= 0.3 is 0 Å². The molecule has 0 bridgehead atoms. The molecule has 0 aliphatic carbocycles. The molecular formula is C16H23ClN4O2S. The van der Waals surface area contributed by atoms with E-state index in [4.69, 9.17) is 4.52 Å². The predicted molar refractivity (Wildman–Crippen MR) is 96.5 cm³/mol. The highest BCUT2D eigenvalue weighted by Gasteiger charge is 2.21. The highest BCUT2D eigenvalue weighted by atomic mass is 35.5. The van der Waals surface area contributed by atoms with E-state index in [1.165, 1.54) is 0 Å². The van der Waals surface area contributed by atoms with Gasteiger partial charge in [-0.3, -0.25) is 4.79 Å². The quantitative estimate of drug-likeness (QED) is 0.846. The van der Waals surface area contributed by atoms with Gasteiger partial charge in [-0.1, -0.05) is 11.2 Å². The van der Waals surface area contributed by atoms with Crippen molar-refractivity contribution in [3.63, 3.8) is 0 Å². The highest BCUT2D eigenvalue weighted by molar-refractivity contribution is 7.13. The second-order valence-corrected chi connectivity index (χ2v) is 6.78. The molecule has 3 rings (SSSR count). The molecule has 1 saturated heterocycles. The molecule has 1 aliphatic heterocycles. The smallest absolute Gasteiger partial charge is 0.226 e. The van der Waals surface area contributed by atoms with E-state index in [2.05, 4.69) is 15.5 Å². The lowest BCUT2D eigenvalue weighted by molar-refractivity contribution is -0.132. The molecule has 1 aliphatic rings. The van der Waals surface area contributed by atoms with E-state index >= 15 is 0 Å². The van der Waals surface area contributed by atoms with Gasteiger partial charge in [0.2, 0.25) is 17.6 Å². The molecule has 1 amide bonds. The second kappa shape index (κ2) is 9.15. The van der Waals surface area contributed by atoms with Crippen LogP contribution in [-0.4, -0.2) is 47.1 Å². The summed E-state index contributed by atoms with van der Waals surface area (Å²) in [4.78, 5) is 19.6. The molecule has 3 heterocycles. The molecule has 0 spiro atoms. The maximum absolute atomic E-state index is 12.3. The van der Waals surface area contributed by atoms with Gasteiger partial charge in [-0.05, 0) is 43.8 Å². The Hall–Kier alpha value is -1.44. The number of piperidine rings is 1. The lowest BCUT2D eigenvalue weighted by atomic mass is 10.0. The van der Waals surface area contributed by atoms with Gasteiger partial charge in [-0.2, -0.15) is 4.98 Å². The zero-order chi connectivity index (χ0) is 16.1. The summed E-state index contributed by atoms with van der Waals surface area (Å²) in [6.07, 6.45) is 3.98. The summed E-state index contributed by atoms with van der Waals surface area (Å²) in [7, 11) is 1.92. The number of thiophene rings is 1. The van der Waals surface area contributed by atoms with Crippen molar-refractivity contribution < 1.29 is 9.32 Å². The average molecular weight is 371 g/mol. The van der Waals surface area contributed by atoms with Crippen molar-refractivity contribution >= 4 is 29.7 Å². The van der Waals surface area contributed by atoms with Crippen molar-refractivity contribution in [1.29, 1.82) is 0 Å². The zero-order valence-corrected chi connectivity index (χ0v) is 15.4. The fourth-order valence-electron chi connectivity index (χ4n) is 2.83. The van der Waals surface area contributed by atoms with Crippen LogP contribution in [0.4, 0.5) is 0 Å². The van der Waals surface area contributed by atoms with E-state index in [0.29, 0.717) is 30.6 Å². The van der Waals surface area contributed by atoms with Crippen LogP contribution < -0.4 is 5.32 Å². The molecule has 0 unspecified atom stereocenters. The molecule has 24 heavy (non-hydrogen) atoms. The van der Waals surface area contributed by atoms with E-state index in [1.54, 1.807) is 11.3 Å². The van der Waals surface area contributed by atoms with E-state index in [0.717, 1.165) is 37.2 Å². The van der Waals surface area contributed by atoms with Crippen molar-refractivity contribution in [3.05, 3.63) is 23.4 Å². The third kappa shape index (κ3) is 4.78. The number of nitrogens with zero attached hydrogens (tertiary/aromatic N) is 3. The molecule has 0 saturated carbocycles. The van der Waals surface area contributed by atoms with Gasteiger partial charge in [-0.25, -0.2) is 0 Å². The molecule has 132 valence electrons. The fraction of sp³-hybridized carbons (Fsp3) is 0.562. The van der Waals surface area contributed by atoms with E-state index in [9.17, 15) is 4.79 Å². The number of hydrogen-bond donors (Lipinski definition) is 1. The first-order valence-electron chi connectivity index (χ1n) is 8.07. The molecule has 2 aromatic heterocycles. The van der Waals surface area contributed by atoms with Crippen molar-refractivity contribution in [2.75, 3.05) is 20.1 Å². The molecule has 1 N–H and O–H groups in total. The molecule has 0 aromatic carbocycles. The summed E-state index contributed by atoms with van der Waals surface area (Å²) in [5.41, 5.74) is 0. The van der Waals surface area contributed by atoms with Gasteiger partial charge in [0.1, 0.15) is 0 Å². The van der Waals surface area contributed by atoms with Gasteiger partial charge in [-0.15, -0.1) is 23.7 Å². The van der Waals surface area contributed by atoms with Gasteiger partial charge < -0.3 is 14.7 Å². The normalized spacial score (nSPS) is 15.0. The summed E-state index contributed by atoms with van der Waals surface area (Å²) >= 11 is 1.59. The standard InChI is InChI=1S/C16H22N4O2S.ClH/c1-20(12-7-9-17-10-8-12)15(21)6-2-5-14-18-16(19-22-14)13-4-3-11-23-13;/h3-4,11-12,17H,2,5-10H2,1H3;1H. The molecular weight excluding hydrogens is 348 g/mol. The van der Waals surface area contributed by atoms with Gasteiger partial charge in [0.05, 0.1) is 4.88 Å². The van der Waals surface area contributed by atoms with Crippen LogP contribution in [0.15, 0.2) is 22.0 Å². The van der Waals surface area contributed by atoms with Crippen molar-refractivity contribution in [2.45, 2.75) is 38.1 Å². The number of aromatic nitrogens is 2. The number of rotatable bonds is 6. The van der Waals surface area contributed by atoms with Crippen LogP contribution in [0.1, 0.15) is 31.6 Å². The minimum atomic E-state index is 0. The first-order valence-corrected chi connectivity index (χ1v) is 8.95. The van der Waals surface area contributed by atoms with Gasteiger partial charge in [0, 0.05) is 25.9 Å². The Morgan fingerprint density at radius 1 is 1.46 bits per heavy atom. The number of carbonyl (C=O) groups excluding carboxylic acids is 1. The Balaban J connectivity index is 0.00000208. The minimum absolute atomic E-state index is 0. The lowest BCUT2D eigenvalue weighted by Crippen LogP contribution is -2.43. The zero-order valence-electron chi connectivity index (χ0n) is 13.7. The molecule has 8 heteroatoms. The van der Waals surface area contributed by atoms with Gasteiger partial charge in [0.25, 0.3) is 0 Å². The number of aryl methyl sites for hydroxylation is 1. The molecule has 0 atom stereocenters. The first kappa shape index (κ1) is 18.9. The minimum Gasteiger partial charge on any atom is -0.343 e. The Bertz CT molecular complexity index is 626. The van der Waals surface area contributed by atoms with Crippen LogP contribution in [0.3, 0.4) is 0 Å². The highest BCUT2D eigenvalue weighted by Crippen LogP contribution is 2.21. The van der Waals surface area contributed by atoms with Crippen LogP contribution in [0, 0.1) is 0 Å². The van der Waals surface area contributed by atoms with Crippen LogP contribution >= 0.6 is 23.7 Å². The number of nitrogens with one attached hydrogen (secondary N) is 1. The van der Waals surface area contributed by atoms with E-state index in [1.807, 2.05) is 29.5 Å².